The average molecular weight is 1830 g/mol. The van der Waals surface area contributed by atoms with Crippen molar-refractivity contribution >= 4 is 141 Å². The molecule has 0 aliphatic heterocycles. The quantitative estimate of drug-likeness (QED) is 0.0182. The molecule has 0 atom stereocenters. The van der Waals surface area contributed by atoms with Gasteiger partial charge in [-0.3, -0.25) is 0 Å². The molecule has 0 saturated heterocycles. The maximum Gasteiger partial charge on any atom is 0.0462 e. The highest BCUT2D eigenvalue weighted by atomic mass is 15.4. The lowest BCUT2D eigenvalue weighted by atomic mass is 9.97. The molecule has 5 heteroatoms. The van der Waals surface area contributed by atoms with E-state index in [4.69, 9.17) is 0 Å². The lowest BCUT2D eigenvalue weighted by Crippen LogP contribution is -2.09. The first-order valence-corrected chi connectivity index (χ1v) is 48.2. The third-order valence-electron chi connectivity index (χ3n) is 23.7. The first-order chi connectivity index (χ1) is 70.1. The smallest absolute Gasteiger partial charge is 0.0462 e. The molecule has 0 unspecified atom stereocenters. The minimum atomic E-state index is 1.07. The Hall–Kier alpha value is -18.3. The van der Waals surface area contributed by atoms with Crippen LogP contribution in [0.25, 0.3) is 83.6 Å². The van der Waals surface area contributed by atoms with Gasteiger partial charge in [-0.1, -0.05) is 515 Å². The summed E-state index contributed by atoms with van der Waals surface area (Å²) >= 11 is 0. The summed E-state index contributed by atoms with van der Waals surface area (Å²) in [6.07, 6.45) is 46.9. The van der Waals surface area contributed by atoms with Crippen molar-refractivity contribution in [1.29, 1.82) is 0 Å². The van der Waals surface area contributed by atoms with Gasteiger partial charge < -0.3 is 19.7 Å². The van der Waals surface area contributed by atoms with Crippen molar-refractivity contribution in [2.45, 2.75) is 13.8 Å². The van der Waals surface area contributed by atoms with Crippen molar-refractivity contribution in [3.05, 3.63) is 652 Å². The van der Waals surface area contributed by atoms with Crippen LogP contribution in [0.2, 0.25) is 0 Å². The summed E-state index contributed by atoms with van der Waals surface area (Å²) in [5, 5.41) is 5.58. The summed E-state index contributed by atoms with van der Waals surface area (Å²) in [5.74, 6) is 0. The third kappa shape index (κ3) is 28.7. The van der Waals surface area contributed by atoms with Gasteiger partial charge in [0.15, 0.2) is 0 Å². The monoisotopic (exact) mass is 1830 g/mol. The molecule has 142 heavy (non-hydrogen) atoms. The van der Waals surface area contributed by atoms with E-state index in [2.05, 4.69) is 634 Å². The Morgan fingerprint density at radius 3 is 0.514 bits per heavy atom. The fourth-order valence-corrected chi connectivity index (χ4v) is 16.4. The molecule has 0 bridgehead atoms. The summed E-state index contributed by atoms with van der Waals surface area (Å²) in [7, 11) is 3.78. The standard InChI is InChI=1S/C67H54N2.C66H51N.C4H10N2/c1-53-25-43-63(44-26-53)69(66-47-37-57(38-48-66)22-14-12-20-55-17-7-3-8-18-55)67-51-41-61(42-52-67)34-32-59-29-27-58(28-30-59)31-33-60-39-49-65(50-40-60)68(62-23-9-4-10-24-62)64-45-35-56(36-46-64)21-13-11-19-54-15-5-2-6-16-54;1-7-25-55(26-8-1)64(56-27-9-2-10-28-56)37-19-22-52-40-46-61(47-41-52)67(62-48-42-53(43-49-62)23-20-38-65(57-29-11-3-12-30-57)58-31-13-4-14-32-58)63-50-44-54(45-51-63)24-21-39-66(59-33-15-5-16-34-59)60-35-17-6-18-36-60;1-4-5-6(2)3/h2-52H,1H3;1-51H;4H,1-3H3/b19-11+,20-12+,21-13+,22-14+,33-31+,34-32+;;. The van der Waals surface area contributed by atoms with Gasteiger partial charge in [-0.2, -0.15) is 5.10 Å². The highest BCUT2D eigenvalue weighted by molar-refractivity contribution is 5.88. The van der Waals surface area contributed by atoms with Crippen molar-refractivity contribution in [3.63, 3.8) is 0 Å². The van der Waals surface area contributed by atoms with E-state index in [0.717, 1.165) is 101 Å². The number of rotatable bonds is 32. The van der Waals surface area contributed by atoms with E-state index in [-0.39, 0.29) is 0 Å². The van der Waals surface area contributed by atoms with Gasteiger partial charge in [-0.25, -0.2) is 0 Å². The van der Waals surface area contributed by atoms with E-state index >= 15 is 0 Å². The van der Waals surface area contributed by atoms with Crippen molar-refractivity contribution in [1.82, 2.24) is 5.01 Å². The molecular formula is C137H115N5. The maximum atomic E-state index is 3.83. The predicted octanol–water partition coefficient (Wildman–Crippen LogP) is 36.9. The summed E-state index contributed by atoms with van der Waals surface area (Å²) in [6.45, 7) is 4.01. The minimum absolute atomic E-state index is 1.07. The van der Waals surface area contributed by atoms with E-state index < -0.39 is 0 Å². The summed E-state index contributed by atoms with van der Waals surface area (Å²) < 4.78 is 0. The van der Waals surface area contributed by atoms with Crippen LogP contribution in [-0.4, -0.2) is 25.3 Å². The van der Waals surface area contributed by atoms with E-state index in [9.17, 15) is 0 Å². The number of benzene rings is 18. The number of hydrogen-bond acceptors (Lipinski definition) is 5. The number of hydrogen-bond donors (Lipinski definition) is 0. The van der Waals surface area contributed by atoms with Crippen LogP contribution in [0.5, 0.6) is 0 Å². The van der Waals surface area contributed by atoms with Gasteiger partial charge in [0.05, 0.1) is 0 Å². The molecule has 0 fully saturated rings. The molecule has 0 aromatic heterocycles. The van der Waals surface area contributed by atoms with Gasteiger partial charge in [-0.15, -0.1) is 0 Å². The first kappa shape index (κ1) is 96.8. The summed E-state index contributed by atoms with van der Waals surface area (Å²) in [6, 6.07) is 173. The number of nitrogens with zero attached hydrogens (tertiary/aromatic N) is 5. The molecule has 18 rings (SSSR count). The highest BCUT2D eigenvalue weighted by Crippen LogP contribution is 2.40. The molecule has 18 aromatic carbocycles. The van der Waals surface area contributed by atoms with Crippen LogP contribution < -0.4 is 14.7 Å². The Morgan fingerprint density at radius 1 is 0.169 bits per heavy atom. The Bertz CT molecular complexity index is 6880. The maximum absolute atomic E-state index is 3.83. The zero-order valence-corrected chi connectivity index (χ0v) is 80.7. The molecule has 0 aliphatic rings. The van der Waals surface area contributed by atoms with Gasteiger partial charge in [0.1, 0.15) is 0 Å². The van der Waals surface area contributed by atoms with E-state index in [1.165, 1.54) is 66.8 Å². The second-order valence-electron chi connectivity index (χ2n) is 34.1. The predicted molar refractivity (Wildman–Crippen MR) is 616 cm³/mol. The number of aryl methyl sites for hydroxylation is 1. The molecule has 0 aliphatic carbocycles. The highest BCUT2D eigenvalue weighted by Gasteiger charge is 2.18. The topological polar surface area (TPSA) is 25.3 Å². The molecule has 18 aromatic rings. The Labute approximate surface area is 840 Å². The van der Waals surface area contributed by atoms with Crippen LogP contribution in [0.15, 0.2) is 557 Å². The summed E-state index contributed by atoms with van der Waals surface area (Å²) in [4.78, 5) is 6.92. The second-order valence-corrected chi connectivity index (χ2v) is 34.1. The first-order valence-electron chi connectivity index (χ1n) is 48.2. The van der Waals surface area contributed by atoms with Crippen molar-refractivity contribution < 1.29 is 0 Å². The fraction of sp³-hybridized carbons (Fsp3) is 0.0292. The SMILES string of the molecule is C(=Cc1ccc(N(c2ccc(C=CC=C(c3ccccc3)c3ccccc3)cc2)c2ccc(C=CC=C(c3ccccc3)c3ccccc3)cc2)cc1)C=C(c1ccccc1)c1ccccc1.CC=NN(C)C.Cc1ccc(N(c2ccc(/C=C/C=C/c3ccccc3)cc2)c2ccc(/C=C/c3ccc(/C=C/c4ccc(N(c5ccccc5)c5ccc(/C=C/C=C/c6ccccc6)cc5)cc4)cc3)cc2)cc1. The lowest BCUT2D eigenvalue weighted by molar-refractivity contribution is 0.440. The van der Waals surface area contributed by atoms with Crippen LogP contribution in [-0.2, 0) is 0 Å². The van der Waals surface area contributed by atoms with Gasteiger partial charge in [0.25, 0.3) is 0 Å². The Morgan fingerprint density at radius 2 is 0.324 bits per heavy atom. The molecular weight excluding hydrogens is 1720 g/mol. The van der Waals surface area contributed by atoms with Crippen molar-refractivity contribution in [2.75, 3.05) is 28.8 Å². The minimum Gasteiger partial charge on any atom is -0.311 e. The van der Waals surface area contributed by atoms with Crippen LogP contribution in [0.3, 0.4) is 0 Å². The van der Waals surface area contributed by atoms with Crippen molar-refractivity contribution in [2.24, 2.45) is 5.10 Å². The Balaban J connectivity index is 0.000000193. The van der Waals surface area contributed by atoms with Crippen LogP contribution >= 0.6 is 0 Å². The number of anilines is 9. The largest absolute Gasteiger partial charge is 0.311 e. The lowest BCUT2D eigenvalue weighted by Gasteiger charge is -2.26. The molecule has 0 radical (unpaired) electrons. The van der Waals surface area contributed by atoms with Gasteiger partial charge >= 0.3 is 0 Å². The van der Waals surface area contributed by atoms with E-state index in [0.29, 0.717) is 0 Å². The van der Waals surface area contributed by atoms with E-state index in [1.807, 2.05) is 33.2 Å². The molecule has 5 nitrogen and oxygen atoms in total. The summed E-state index contributed by atoms with van der Waals surface area (Å²) in [5.41, 5.74) is 34.4. The zero-order chi connectivity index (χ0) is 97.2. The Kier molecular flexibility index (Phi) is 35.2. The number of allylic oxidation sites excluding steroid dienone is 10. The fourth-order valence-electron chi connectivity index (χ4n) is 16.4. The van der Waals surface area contributed by atoms with Crippen LogP contribution in [0.1, 0.15) is 107 Å². The third-order valence-corrected chi connectivity index (χ3v) is 23.7. The van der Waals surface area contributed by atoms with E-state index in [1.54, 1.807) is 11.2 Å². The molecule has 0 amide bonds. The number of para-hydroxylation sites is 1. The molecule has 0 spiro atoms. The van der Waals surface area contributed by atoms with Crippen LogP contribution in [0, 0.1) is 6.92 Å². The normalized spacial score (nSPS) is 11.4. The van der Waals surface area contributed by atoms with Gasteiger partial charge in [-0.05, 0) is 234 Å². The molecule has 0 heterocycles. The van der Waals surface area contributed by atoms with Gasteiger partial charge in [0, 0.05) is 71.5 Å². The molecule has 688 valence electrons. The zero-order valence-electron chi connectivity index (χ0n) is 80.7. The average Bonchev–Trinajstić information content (AvgIpc) is 0.807. The molecule has 0 saturated carbocycles. The number of hydrazone groups is 1. The van der Waals surface area contributed by atoms with Crippen molar-refractivity contribution in [3.8, 4) is 0 Å². The van der Waals surface area contributed by atoms with Crippen LogP contribution in [0.4, 0.5) is 51.2 Å². The van der Waals surface area contributed by atoms with Gasteiger partial charge in [0.2, 0.25) is 0 Å². The molecule has 0 N–H and O–H groups in total. The second kappa shape index (κ2) is 51.6.